The first-order valence-corrected chi connectivity index (χ1v) is 7.10. The van der Waals surface area contributed by atoms with Gasteiger partial charge in [-0.3, -0.25) is 0 Å². The van der Waals surface area contributed by atoms with E-state index in [-0.39, 0.29) is 0 Å². The maximum absolute atomic E-state index is 11.5. The van der Waals surface area contributed by atoms with Gasteiger partial charge in [-0.1, -0.05) is 18.9 Å². The summed E-state index contributed by atoms with van der Waals surface area (Å²) in [5, 5.41) is 19.2. The third-order valence-corrected chi connectivity index (χ3v) is 4.26. The molecule has 3 rings (SSSR count). The van der Waals surface area contributed by atoms with Crippen LogP contribution in [0.5, 0.6) is 0 Å². The van der Waals surface area contributed by atoms with Crippen LogP contribution in [0.2, 0.25) is 0 Å². The van der Waals surface area contributed by atoms with Gasteiger partial charge in [0.2, 0.25) is 6.41 Å². The van der Waals surface area contributed by atoms with Crippen LogP contribution < -0.4 is 4.90 Å². The van der Waals surface area contributed by atoms with E-state index in [1.165, 1.54) is 12.8 Å². The highest BCUT2D eigenvalue weighted by molar-refractivity contribution is 5.91. The number of hydrogen-bond donors (Lipinski definition) is 2. The van der Waals surface area contributed by atoms with E-state index >= 15 is 0 Å². The van der Waals surface area contributed by atoms with Crippen molar-refractivity contribution in [2.45, 2.75) is 38.0 Å². The van der Waals surface area contributed by atoms with Crippen molar-refractivity contribution in [3.8, 4) is 0 Å². The molecule has 5 heteroatoms. The second kappa shape index (κ2) is 5.42. The van der Waals surface area contributed by atoms with Gasteiger partial charge in [-0.25, -0.2) is 4.79 Å². The summed E-state index contributed by atoms with van der Waals surface area (Å²) < 4.78 is 5.08. The fourth-order valence-corrected chi connectivity index (χ4v) is 3.21. The van der Waals surface area contributed by atoms with Crippen molar-refractivity contribution in [2.75, 3.05) is 18.1 Å². The summed E-state index contributed by atoms with van der Waals surface area (Å²) >= 11 is 0. The van der Waals surface area contributed by atoms with E-state index in [0.29, 0.717) is 30.3 Å². The molecule has 1 unspecified atom stereocenters. The van der Waals surface area contributed by atoms with Gasteiger partial charge in [-0.15, -0.1) is 0 Å². The van der Waals surface area contributed by atoms with Crippen LogP contribution in [0.15, 0.2) is 18.2 Å². The molecule has 2 N–H and O–H groups in total. The minimum atomic E-state index is -0.978. The van der Waals surface area contributed by atoms with E-state index in [1.807, 2.05) is 12.1 Å². The SMILES string of the molecule is O=C(O)c1cc(N2CCOC2O)ccc1C1CCCC1. The maximum atomic E-state index is 11.5. The molecular weight excluding hydrogens is 258 g/mol. The number of anilines is 1. The summed E-state index contributed by atoms with van der Waals surface area (Å²) in [5.41, 5.74) is 1.98. The van der Waals surface area contributed by atoms with E-state index in [0.717, 1.165) is 18.4 Å². The van der Waals surface area contributed by atoms with Crippen LogP contribution in [-0.4, -0.2) is 35.7 Å². The molecule has 0 amide bonds. The van der Waals surface area contributed by atoms with E-state index in [9.17, 15) is 15.0 Å². The van der Waals surface area contributed by atoms with Gasteiger partial charge in [-0.05, 0) is 36.5 Å². The lowest BCUT2D eigenvalue weighted by Gasteiger charge is -2.22. The minimum absolute atomic E-state index is 0.355. The normalized spacial score (nSPS) is 23.4. The Morgan fingerprint density at radius 3 is 2.65 bits per heavy atom. The van der Waals surface area contributed by atoms with E-state index in [4.69, 9.17) is 4.74 Å². The highest BCUT2D eigenvalue weighted by Crippen LogP contribution is 2.37. The van der Waals surface area contributed by atoms with Crippen LogP contribution in [0.25, 0.3) is 0 Å². The average Bonchev–Trinajstić information content (AvgIpc) is 3.09. The maximum Gasteiger partial charge on any atom is 0.336 e. The van der Waals surface area contributed by atoms with Crippen LogP contribution in [0.4, 0.5) is 5.69 Å². The molecule has 20 heavy (non-hydrogen) atoms. The molecule has 1 saturated heterocycles. The van der Waals surface area contributed by atoms with Gasteiger partial charge in [0.1, 0.15) is 0 Å². The number of aliphatic hydroxyl groups excluding tert-OH is 1. The predicted octanol–water partition coefficient (Wildman–Crippen LogP) is 2.15. The average molecular weight is 277 g/mol. The van der Waals surface area contributed by atoms with Crippen molar-refractivity contribution in [3.63, 3.8) is 0 Å². The molecule has 1 heterocycles. The van der Waals surface area contributed by atoms with Crippen molar-refractivity contribution in [2.24, 2.45) is 0 Å². The number of carbonyl (C=O) groups is 1. The van der Waals surface area contributed by atoms with Crippen LogP contribution in [0.1, 0.15) is 47.5 Å². The van der Waals surface area contributed by atoms with Crippen LogP contribution in [0, 0.1) is 0 Å². The molecule has 1 aliphatic heterocycles. The number of aliphatic hydroxyl groups is 1. The lowest BCUT2D eigenvalue weighted by Crippen LogP contribution is -2.29. The van der Waals surface area contributed by atoms with Crippen molar-refractivity contribution in [1.29, 1.82) is 0 Å². The van der Waals surface area contributed by atoms with Gasteiger partial charge in [0.15, 0.2) is 0 Å². The zero-order chi connectivity index (χ0) is 14.1. The number of hydrogen-bond acceptors (Lipinski definition) is 4. The lowest BCUT2D eigenvalue weighted by atomic mass is 9.92. The Labute approximate surface area is 117 Å². The molecule has 0 radical (unpaired) electrons. The van der Waals surface area contributed by atoms with Gasteiger partial charge in [0.25, 0.3) is 0 Å². The van der Waals surface area contributed by atoms with Crippen molar-refractivity contribution >= 4 is 11.7 Å². The largest absolute Gasteiger partial charge is 0.478 e. The second-order valence-electron chi connectivity index (χ2n) is 5.45. The smallest absolute Gasteiger partial charge is 0.336 e. The molecule has 1 aromatic rings. The van der Waals surface area contributed by atoms with Gasteiger partial charge in [0, 0.05) is 12.2 Å². The number of benzene rings is 1. The van der Waals surface area contributed by atoms with Crippen molar-refractivity contribution in [3.05, 3.63) is 29.3 Å². The molecule has 1 saturated carbocycles. The Morgan fingerprint density at radius 1 is 1.30 bits per heavy atom. The zero-order valence-electron chi connectivity index (χ0n) is 11.3. The molecule has 0 spiro atoms. The Kier molecular flexibility index (Phi) is 3.63. The van der Waals surface area contributed by atoms with E-state index < -0.39 is 12.4 Å². The number of ether oxygens (including phenoxy) is 1. The first kappa shape index (κ1) is 13.4. The molecule has 0 bridgehead atoms. The Balaban J connectivity index is 1.95. The lowest BCUT2D eigenvalue weighted by molar-refractivity contribution is -0.0573. The zero-order valence-corrected chi connectivity index (χ0v) is 11.3. The highest BCUT2D eigenvalue weighted by Gasteiger charge is 2.27. The van der Waals surface area contributed by atoms with Crippen LogP contribution >= 0.6 is 0 Å². The van der Waals surface area contributed by atoms with E-state index in [2.05, 4.69) is 0 Å². The number of carboxylic acids is 1. The molecule has 0 aromatic heterocycles. The Morgan fingerprint density at radius 2 is 2.05 bits per heavy atom. The molecule has 5 nitrogen and oxygen atoms in total. The quantitative estimate of drug-likeness (QED) is 0.886. The highest BCUT2D eigenvalue weighted by atomic mass is 16.6. The topological polar surface area (TPSA) is 70.0 Å². The monoisotopic (exact) mass is 277 g/mol. The van der Waals surface area contributed by atoms with Crippen LogP contribution in [-0.2, 0) is 4.74 Å². The van der Waals surface area contributed by atoms with Crippen LogP contribution in [0.3, 0.4) is 0 Å². The van der Waals surface area contributed by atoms with E-state index in [1.54, 1.807) is 11.0 Å². The Hall–Kier alpha value is -1.59. The fraction of sp³-hybridized carbons (Fsp3) is 0.533. The summed E-state index contributed by atoms with van der Waals surface area (Å²) in [6.45, 7) is 1.02. The summed E-state index contributed by atoms with van der Waals surface area (Å²) in [5.74, 6) is -0.543. The number of rotatable bonds is 3. The third kappa shape index (κ3) is 2.39. The third-order valence-electron chi connectivity index (χ3n) is 4.26. The van der Waals surface area contributed by atoms with Crippen molar-refractivity contribution in [1.82, 2.24) is 0 Å². The number of carboxylic acid groups (broad SMARTS) is 1. The summed E-state index contributed by atoms with van der Waals surface area (Å²) in [7, 11) is 0. The molecule has 108 valence electrons. The molecule has 1 atom stereocenters. The molecule has 1 aliphatic carbocycles. The molecular formula is C15H19NO4. The first-order chi connectivity index (χ1) is 9.66. The summed E-state index contributed by atoms with van der Waals surface area (Å²) in [6.07, 6.45) is 3.49. The van der Waals surface area contributed by atoms with Gasteiger partial charge in [0.05, 0.1) is 12.2 Å². The minimum Gasteiger partial charge on any atom is -0.478 e. The van der Waals surface area contributed by atoms with Crippen molar-refractivity contribution < 1.29 is 19.7 Å². The molecule has 2 aliphatic rings. The number of aromatic carboxylic acids is 1. The predicted molar refractivity (Wildman–Crippen MR) is 73.9 cm³/mol. The van der Waals surface area contributed by atoms with Gasteiger partial charge < -0.3 is 19.8 Å². The second-order valence-corrected chi connectivity index (χ2v) is 5.45. The van der Waals surface area contributed by atoms with Gasteiger partial charge in [-0.2, -0.15) is 0 Å². The summed E-state index contributed by atoms with van der Waals surface area (Å²) in [4.78, 5) is 13.2. The molecule has 1 aromatic carbocycles. The first-order valence-electron chi connectivity index (χ1n) is 7.10. The standard InChI is InChI=1S/C15H19NO4/c17-14(18)13-9-11(16-7-8-20-15(16)19)5-6-12(13)10-3-1-2-4-10/h5-6,9-10,15,19H,1-4,7-8H2,(H,17,18). The molecule has 2 fully saturated rings. The summed E-state index contributed by atoms with van der Waals surface area (Å²) in [6, 6.07) is 5.45. The fourth-order valence-electron chi connectivity index (χ4n) is 3.21. The Bertz CT molecular complexity index is 511. The van der Waals surface area contributed by atoms with Gasteiger partial charge >= 0.3 is 5.97 Å². The number of nitrogens with zero attached hydrogens (tertiary/aromatic N) is 1.